The highest BCUT2D eigenvalue weighted by Gasteiger charge is 2.14. The molecular weight excluding hydrogens is 378 g/mol. The van der Waals surface area contributed by atoms with E-state index in [1.54, 1.807) is 49.4 Å². The maximum atomic E-state index is 14.1. The van der Waals surface area contributed by atoms with Gasteiger partial charge >= 0.3 is 0 Å². The number of benzene rings is 3. The van der Waals surface area contributed by atoms with E-state index >= 15 is 0 Å². The highest BCUT2D eigenvalue weighted by molar-refractivity contribution is 5.82. The van der Waals surface area contributed by atoms with Gasteiger partial charge in [0.15, 0.2) is 11.7 Å². The number of amides is 1. The Balaban J connectivity index is 1.69. The van der Waals surface area contributed by atoms with Gasteiger partial charge in [0.2, 0.25) is 5.89 Å². The lowest BCUT2D eigenvalue weighted by atomic mass is 10.0. The lowest BCUT2D eigenvalue weighted by Crippen LogP contribution is -2.30. The third-order valence-corrected chi connectivity index (χ3v) is 4.43. The van der Waals surface area contributed by atoms with Gasteiger partial charge in [0, 0.05) is 17.2 Å². The van der Waals surface area contributed by atoms with Gasteiger partial charge in [-0.3, -0.25) is 4.79 Å². The molecule has 2 N–H and O–H groups in total. The third-order valence-electron chi connectivity index (χ3n) is 4.43. The number of aromatic nitrogens is 1. The molecule has 1 amide bonds. The summed E-state index contributed by atoms with van der Waals surface area (Å²) in [6.07, 6.45) is -0.776. The van der Waals surface area contributed by atoms with Crippen molar-refractivity contribution in [3.8, 4) is 28.3 Å². The molecule has 0 aliphatic carbocycles. The summed E-state index contributed by atoms with van der Waals surface area (Å²) in [6, 6.07) is 15.4. The van der Waals surface area contributed by atoms with Crippen molar-refractivity contribution in [1.29, 1.82) is 0 Å². The number of fused-ring (bicyclic) bond motifs is 1. The predicted octanol–water partition coefficient (Wildman–Crippen LogP) is 4.69. The van der Waals surface area contributed by atoms with Crippen LogP contribution >= 0.6 is 0 Å². The number of ether oxygens (including phenoxy) is 1. The van der Waals surface area contributed by atoms with E-state index in [4.69, 9.17) is 14.9 Å². The second-order valence-corrected chi connectivity index (χ2v) is 6.52. The number of primary amides is 1. The minimum Gasteiger partial charge on any atom is -0.481 e. The van der Waals surface area contributed by atoms with Crippen LogP contribution in [0.1, 0.15) is 6.92 Å². The van der Waals surface area contributed by atoms with Crippen molar-refractivity contribution in [2.24, 2.45) is 5.73 Å². The Morgan fingerprint density at radius 3 is 2.66 bits per heavy atom. The van der Waals surface area contributed by atoms with Gasteiger partial charge in [0.05, 0.1) is 0 Å². The smallest absolute Gasteiger partial charge is 0.258 e. The van der Waals surface area contributed by atoms with Crippen molar-refractivity contribution in [2.45, 2.75) is 13.0 Å². The van der Waals surface area contributed by atoms with Crippen molar-refractivity contribution in [3.63, 3.8) is 0 Å². The van der Waals surface area contributed by atoms with Crippen LogP contribution in [0.5, 0.6) is 5.75 Å². The molecule has 0 saturated carbocycles. The highest BCUT2D eigenvalue weighted by atomic mass is 19.1. The van der Waals surface area contributed by atoms with Gasteiger partial charge in [0.1, 0.15) is 22.9 Å². The fourth-order valence-corrected chi connectivity index (χ4v) is 2.90. The first-order valence-electron chi connectivity index (χ1n) is 8.83. The summed E-state index contributed by atoms with van der Waals surface area (Å²) in [5.41, 5.74) is 7.72. The Bertz CT molecular complexity index is 1220. The summed E-state index contributed by atoms with van der Waals surface area (Å²) >= 11 is 0. The van der Waals surface area contributed by atoms with Crippen LogP contribution in [-0.4, -0.2) is 17.0 Å². The van der Waals surface area contributed by atoms with E-state index in [9.17, 15) is 13.6 Å². The summed E-state index contributed by atoms with van der Waals surface area (Å²) < 4.78 is 38.6. The molecule has 5 nitrogen and oxygen atoms in total. The molecule has 0 aliphatic heterocycles. The number of rotatable bonds is 5. The van der Waals surface area contributed by atoms with E-state index < -0.39 is 23.6 Å². The first-order chi connectivity index (χ1) is 13.9. The maximum Gasteiger partial charge on any atom is 0.258 e. The lowest BCUT2D eigenvalue weighted by Gasteiger charge is -2.11. The summed E-state index contributed by atoms with van der Waals surface area (Å²) in [5, 5.41) is 0. The minimum absolute atomic E-state index is 0.266. The fraction of sp³-hybridized carbons (Fsp3) is 0.0909. The second-order valence-electron chi connectivity index (χ2n) is 6.52. The second kappa shape index (κ2) is 7.35. The van der Waals surface area contributed by atoms with Crippen LogP contribution in [0.15, 0.2) is 65.1 Å². The topological polar surface area (TPSA) is 78.3 Å². The standard InChI is InChI=1S/C22H16F2N2O3/c1-12(21(25)27)28-16-4-2-3-14(9-16)22-26-19-8-5-13(10-20(19)29-22)17-7-6-15(23)11-18(17)24/h2-12H,1H3,(H2,25,27). The number of carbonyl (C=O) groups excluding carboxylic acids is 1. The van der Waals surface area contributed by atoms with Crippen LogP contribution in [-0.2, 0) is 4.79 Å². The zero-order valence-corrected chi connectivity index (χ0v) is 15.4. The molecule has 4 rings (SSSR count). The molecule has 0 aliphatic rings. The van der Waals surface area contributed by atoms with E-state index in [-0.39, 0.29) is 5.56 Å². The van der Waals surface area contributed by atoms with Gasteiger partial charge < -0.3 is 14.9 Å². The molecule has 7 heteroatoms. The number of nitrogens with two attached hydrogens (primary N) is 1. The Morgan fingerprint density at radius 1 is 1.07 bits per heavy atom. The SMILES string of the molecule is CC(Oc1cccc(-c2nc3ccc(-c4ccc(F)cc4F)cc3o2)c1)C(N)=O. The molecule has 0 spiro atoms. The zero-order valence-electron chi connectivity index (χ0n) is 15.4. The molecule has 0 fully saturated rings. The van der Waals surface area contributed by atoms with Crippen LogP contribution in [0.25, 0.3) is 33.7 Å². The van der Waals surface area contributed by atoms with Crippen molar-refractivity contribution in [2.75, 3.05) is 0 Å². The van der Waals surface area contributed by atoms with Gasteiger partial charge in [-0.15, -0.1) is 0 Å². The molecule has 146 valence electrons. The van der Waals surface area contributed by atoms with E-state index in [1.165, 1.54) is 12.1 Å². The van der Waals surface area contributed by atoms with Gasteiger partial charge in [0.25, 0.3) is 5.91 Å². The summed E-state index contributed by atoms with van der Waals surface area (Å²) in [5.74, 6) is -1.07. The predicted molar refractivity (Wildman–Crippen MR) is 104 cm³/mol. The Labute approximate surface area is 164 Å². The molecule has 1 unspecified atom stereocenters. The third kappa shape index (κ3) is 3.80. The van der Waals surface area contributed by atoms with E-state index in [2.05, 4.69) is 4.98 Å². The van der Waals surface area contributed by atoms with E-state index in [1.807, 2.05) is 0 Å². The average molecular weight is 394 g/mol. The summed E-state index contributed by atoms with van der Waals surface area (Å²) in [6.45, 7) is 1.56. The average Bonchev–Trinajstić information content (AvgIpc) is 3.11. The van der Waals surface area contributed by atoms with Crippen molar-refractivity contribution >= 4 is 17.0 Å². The first-order valence-corrected chi connectivity index (χ1v) is 8.83. The molecule has 1 atom stereocenters. The number of nitrogens with zero attached hydrogens (tertiary/aromatic N) is 1. The van der Waals surface area contributed by atoms with Crippen LogP contribution in [0.2, 0.25) is 0 Å². The van der Waals surface area contributed by atoms with Gasteiger partial charge in [-0.05, 0) is 55.0 Å². The molecule has 4 aromatic rings. The molecule has 0 saturated heterocycles. The van der Waals surface area contributed by atoms with Gasteiger partial charge in [-0.1, -0.05) is 12.1 Å². The zero-order chi connectivity index (χ0) is 20.5. The Kier molecular flexibility index (Phi) is 4.72. The molecule has 0 radical (unpaired) electrons. The highest BCUT2D eigenvalue weighted by Crippen LogP contribution is 2.31. The lowest BCUT2D eigenvalue weighted by molar-refractivity contribution is -0.123. The van der Waals surface area contributed by atoms with Gasteiger partial charge in [-0.25, -0.2) is 13.8 Å². The van der Waals surface area contributed by atoms with Crippen LogP contribution in [0, 0.1) is 11.6 Å². The van der Waals surface area contributed by atoms with Gasteiger partial charge in [-0.2, -0.15) is 0 Å². The number of carbonyl (C=O) groups is 1. The van der Waals surface area contributed by atoms with Crippen LogP contribution in [0.3, 0.4) is 0 Å². The monoisotopic (exact) mass is 394 g/mol. The first kappa shape index (κ1) is 18.6. The van der Waals surface area contributed by atoms with Crippen molar-refractivity contribution in [3.05, 3.63) is 72.3 Å². The molecule has 1 aromatic heterocycles. The summed E-state index contributed by atoms with van der Waals surface area (Å²) in [4.78, 5) is 15.6. The largest absolute Gasteiger partial charge is 0.481 e. The maximum absolute atomic E-state index is 14.1. The number of halogens is 2. The molecule has 1 heterocycles. The van der Waals surface area contributed by atoms with Crippen LogP contribution in [0.4, 0.5) is 8.78 Å². The Hall–Kier alpha value is -3.74. The molecular formula is C22H16F2N2O3. The van der Waals surface area contributed by atoms with Crippen LogP contribution < -0.4 is 10.5 Å². The quantitative estimate of drug-likeness (QED) is 0.533. The van der Waals surface area contributed by atoms with E-state index in [0.717, 1.165) is 6.07 Å². The minimum atomic E-state index is -0.776. The van der Waals surface area contributed by atoms with E-state index in [0.29, 0.717) is 33.9 Å². The molecule has 3 aromatic carbocycles. The van der Waals surface area contributed by atoms with Crippen molar-refractivity contribution in [1.82, 2.24) is 4.98 Å². The number of hydrogen-bond donors (Lipinski definition) is 1. The normalized spacial score (nSPS) is 12.1. The number of hydrogen-bond acceptors (Lipinski definition) is 4. The van der Waals surface area contributed by atoms with Crippen molar-refractivity contribution < 1.29 is 22.7 Å². The number of oxazole rings is 1. The summed E-state index contributed by atoms with van der Waals surface area (Å²) in [7, 11) is 0. The fourth-order valence-electron chi connectivity index (χ4n) is 2.90. The molecule has 29 heavy (non-hydrogen) atoms. The molecule has 0 bridgehead atoms. The Morgan fingerprint density at radius 2 is 1.90 bits per heavy atom.